The largest absolute Gasteiger partial charge is 0.497 e. The summed E-state index contributed by atoms with van der Waals surface area (Å²) in [5.41, 5.74) is 3.26. The van der Waals surface area contributed by atoms with Gasteiger partial charge in [0.1, 0.15) is 11.0 Å². The second kappa shape index (κ2) is 7.17. The Bertz CT molecular complexity index is 1210. The molecule has 142 valence electrons. The Balaban J connectivity index is 2.00. The van der Waals surface area contributed by atoms with E-state index >= 15 is 0 Å². The van der Waals surface area contributed by atoms with Crippen molar-refractivity contribution in [3.8, 4) is 5.75 Å². The number of methoxy groups -OCH3 is 1. The van der Waals surface area contributed by atoms with Crippen molar-refractivity contribution in [2.45, 2.75) is 17.1 Å². The fraction of sp³-hybridized carbons (Fsp3) is 0.130. The van der Waals surface area contributed by atoms with Gasteiger partial charge in [-0.25, -0.2) is 8.42 Å². The van der Waals surface area contributed by atoms with Crippen LogP contribution >= 0.6 is 0 Å². The van der Waals surface area contributed by atoms with E-state index in [4.69, 9.17) is 4.74 Å². The number of aryl methyl sites for hydroxylation is 1. The molecule has 4 aromatic rings. The number of benzene rings is 3. The zero-order chi connectivity index (χ0) is 19.7. The fourth-order valence-corrected chi connectivity index (χ4v) is 5.60. The second-order valence-corrected chi connectivity index (χ2v) is 8.75. The number of aromatic amines is 1. The van der Waals surface area contributed by atoms with Gasteiger partial charge in [-0.2, -0.15) is 0 Å². The van der Waals surface area contributed by atoms with E-state index in [1.54, 1.807) is 43.5 Å². The number of ether oxygens (including phenoxy) is 1. The first-order valence-electron chi connectivity index (χ1n) is 9.02. The third-order valence-electron chi connectivity index (χ3n) is 5.01. The number of para-hydroxylation sites is 1. The summed E-state index contributed by atoms with van der Waals surface area (Å²) >= 11 is 0. The van der Waals surface area contributed by atoms with Gasteiger partial charge in [0.05, 0.1) is 12.0 Å². The van der Waals surface area contributed by atoms with E-state index in [1.807, 2.05) is 49.4 Å². The lowest BCUT2D eigenvalue weighted by atomic mass is 10.0. The molecule has 4 nitrogen and oxygen atoms in total. The molecule has 5 heteroatoms. The number of sulfone groups is 1. The molecule has 0 fully saturated rings. The van der Waals surface area contributed by atoms with E-state index in [-0.39, 0.29) is 0 Å². The van der Waals surface area contributed by atoms with Crippen molar-refractivity contribution in [3.05, 3.63) is 95.7 Å². The molecule has 0 bridgehead atoms. The number of rotatable bonds is 5. The van der Waals surface area contributed by atoms with Gasteiger partial charge < -0.3 is 9.72 Å². The van der Waals surface area contributed by atoms with E-state index in [2.05, 4.69) is 4.98 Å². The number of aromatic nitrogens is 1. The van der Waals surface area contributed by atoms with Gasteiger partial charge in [-0.3, -0.25) is 0 Å². The molecule has 1 unspecified atom stereocenters. The lowest BCUT2D eigenvalue weighted by Gasteiger charge is -2.20. The molecule has 1 N–H and O–H groups in total. The van der Waals surface area contributed by atoms with Gasteiger partial charge in [-0.1, -0.05) is 48.5 Å². The van der Waals surface area contributed by atoms with Crippen molar-refractivity contribution in [1.82, 2.24) is 4.98 Å². The van der Waals surface area contributed by atoms with Gasteiger partial charge in [0.2, 0.25) is 0 Å². The maximum absolute atomic E-state index is 13.7. The third kappa shape index (κ3) is 3.08. The molecule has 0 amide bonds. The molecule has 1 atom stereocenters. The van der Waals surface area contributed by atoms with Crippen molar-refractivity contribution < 1.29 is 13.2 Å². The average molecular weight is 391 g/mol. The van der Waals surface area contributed by atoms with Crippen LogP contribution in [0.1, 0.15) is 22.1 Å². The molecular weight excluding hydrogens is 370 g/mol. The third-order valence-corrected chi connectivity index (χ3v) is 7.06. The number of hydrogen-bond acceptors (Lipinski definition) is 3. The highest BCUT2D eigenvalue weighted by atomic mass is 32.2. The summed E-state index contributed by atoms with van der Waals surface area (Å²) in [5.74, 6) is 0.690. The molecule has 0 aliphatic carbocycles. The zero-order valence-corrected chi connectivity index (χ0v) is 16.5. The molecule has 1 aromatic heterocycles. The molecule has 0 saturated heterocycles. The van der Waals surface area contributed by atoms with E-state index in [0.29, 0.717) is 16.2 Å². The summed E-state index contributed by atoms with van der Waals surface area (Å²) in [5, 5.41) is 0.0947. The summed E-state index contributed by atoms with van der Waals surface area (Å²) in [6.07, 6.45) is 0. The van der Waals surface area contributed by atoms with Crippen LogP contribution in [0.3, 0.4) is 0 Å². The Morgan fingerprint density at radius 1 is 0.857 bits per heavy atom. The lowest BCUT2D eigenvalue weighted by Crippen LogP contribution is -2.16. The molecule has 1 heterocycles. The highest BCUT2D eigenvalue weighted by molar-refractivity contribution is 7.92. The van der Waals surface area contributed by atoms with Gasteiger partial charge >= 0.3 is 0 Å². The first-order chi connectivity index (χ1) is 13.5. The second-order valence-electron chi connectivity index (χ2n) is 6.72. The maximum atomic E-state index is 13.7. The van der Waals surface area contributed by atoms with Crippen molar-refractivity contribution in [3.63, 3.8) is 0 Å². The van der Waals surface area contributed by atoms with Gasteiger partial charge in [-0.15, -0.1) is 0 Å². The van der Waals surface area contributed by atoms with E-state index in [9.17, 15) is 8.42 Å². The molecule has 0 radical (unpaired) electrons. The minimum Gasteiger partial charge on any atom is -0.497 e. The SMILES string of the molecule is COc1ccc(C(c2c(C)[nH]c3ccccc23)S(=O)(=O)c2ccccc2)cc1. The van der Waals surface area contributed by atoms with Crippen LogP contribution < -0.4 is 4.74 Å². The van der Waals surface area contributed by atoms with Crippen LogP contribution in [0.15, 0.2) is 83.8 Å². The predicted octanol–water partition coefficient (Wildman–Crippen LogP) is 5.05. The van der Waals surface area contributed by atoms with Crippen LogP contribution in [0, 0.1) is 6.92 Å². The number of fused-ring (bicyclic) bond motifs is 1. The Kier molecular flexibility index (Phi) is 4.69. The quantitative estimate of drug-likeness (QED) is 0.518. The van der Waals surface area contributed by atoms with Gasteiger partial charge in [0, 0.05) is 22.2 Å². The first kappa shape index (κ1) is 18.3. The Hall–Kier alpha value is -3.05. The maximum Gasteiger partial charge on any atom is 0.189 e. The number of hydrogen-bond donors (Lipinski definition) is 1. The van der Waals surface area contributed by atoms with Crippen molar-refractivity contribution >= 4 is 20.7 Å². The lowest BCUT2D eigenvalue weighted by molar-refractivity contribution is 0.414. The van der Waals surface area contributed by atoms with Crippen LogP contribution in [-0.4, -0.2) is 20.5 Å². The first-order valence-corrected chi connectivity index (χ1v) is 10.6. The number of H-pyrrole nitrogens is 1. The Morgan fingerprint density at radius 2 is 1.50 bits per heavy atom. The molecule has 0 spiro atoms. The molecule has 0 aliphatic heterocycles. The van der Waals surface area contributed by atoms with Crippen LogP contribution in [0.25, 0.3) is 10.9 Å². The summed E-state index contributed by atoms with van der Waals surface area (Å²) in [4.78, 5) is 3.64. The van der Waals surface area contributed by atoms with Crippen LogP contribution in [-0.2, 0) is 9.84 Å². The predicted molar refractivity (Wildman–Crippen MR) is 112 cm³/mol. The summed E-state index contributed by atoms with van der Waals surface area (Å²) in [6.45, 7) is 1.92. The molecule has 0 saturated carbocycles. The monoisotopic (exact) mass is 391 g/mol. The normalized spacial score (nSPS) is 12.8. The van der Waals surface area contributed by atoms with Crippen molar-refractivity contribution in [2.75, 3.05) is 7.11 Å². The molecular formula is C23H21NO3S. The topological polar surface area (TPSA) is 59.2 Å². The minimum atomic E-state index is -3.67. The molecule has 4 rings (SSSR count). The minimum absolute atomic E-state index is 0.306. The Labute approximate surface area is 164 Å². The summed E-state index contributed by atoms with van der Waals surface area (Å²) < 4.78 is 32.7. The van der Waals surface area contributed by atoms with Crippen molar-refractivity contribution in [1.29, 1.82) is 0 Å². The molecule has 28 heavy (non-hydrogen) atoms. The average Bonchev–Trinajstić information content (AvgIpc) is 3.05. The van der Waals surface area contributed by atoms with E-state index in [0.717, 1.165) is 22.2 Å². The Morgan fingerprint density at radius 3 is 2.18 bits per heavy atom. The molecule has 3 aromatic carbocycles. The van der Waals surface area contributed by atoms with Crippen LogP contribution in [0.4, 0.5) is 0 Å². The number of nitrogens with one attached hydrogen (secondary N) is 1. The summed E-state index contributed by atoms with van der Waals surface area (Å²) in [7, 11) is -2.08. The zero-order valence-electron chi connectivity index (χ0n) is 15.7. The van der Waals surface area contributed by atoms with E-state index < -0.39 is 15.1 Å². The highest BCUT2D eigenvalue weighted by Gasteiger charge is 2.34. The highest BCUT2D eigenvalue weighted by Crippen LogP contribution is 2.40. The van der Waals surface area contributed by atoms with Crippen molar-refractivity contribution in [2.24, 2.45) is 0 Å². The van der Waals surface area contributed by atoms with Crippen LogP contribution in [0.2, 0.25) is 0 Å². The van der Waals surface area contributed by atoms with Gasteiger partial charge in [0.15, 0.2) is 9.84 Å². The van der Waals surface area contributed by atoms with Crippen LogP contribution in [0.5, 0.6) is 5.75 Å². The fourth-order valence-electron chi connectivity index (χ4n) is 3.66. The molecule has 0 aliphatic rings. The van der Waals surface area contributed by atoms with E-state index in [1.165, 1.54) is 0 Å². The standard InChI is InChI=1S/C23H21NO3S/c1-16-22(20-10-6-7-11-21(20)24-16)23(17-12-14-18(27-2)15-13-17)28(25,26)19-8-4-3-5-9-19/h3-15,23-24H,1-2H3. The van der Waals surface area contributed by atoms with Gasteiger partial charge in [-0.05, 0) is 42.8 Å². The summed E-state index contributed by atoms with van der Waals surface area (Å²) in [6, 6.07) is 23.7. The van der Waals surface area contributed by atoms with Gasteiger partial charge in [0.25, 0.3) is 0 Å². The smallest absolute Gasteiger partial charge is 0.189 e.